The molecule has 1 rings (SSSR count). The SMILES string of the molecule is CSCCC(NS(=O)(=O)c1ccc(Br)cc1)C(=O)OC(C)C. The van der Waals surface area contributed by atoms with E-state index < -0.39 is 22.0 Å². The second kappa shape index (κ2) is 8.90. The van der Waals surface area contributed by atoms with Crippen molar-refractivity contribution >= 4 is 43.7 Å². The number of hydrogen-bond acceptors (Lipinski definition) is 5. The number of thioether (sulfide) groups is 1. The standard InChI is InChI=1S/C14H20BrNO4S2/c1-10(2)20-14(17)13(8-9-21-3)16-22(18,19)12-6-4-11(15)5-7-12/h4-7,10,13,16H,8-9H2,1-3H3. The van der Waals surface area contributed by atoms with Crippen LogP contribution < -0.4 is 4.72 Å². The fourth-order valence-electron chi connectivity index (χ4n) is 1.64. The average molecular weight is 410 g/mol. The van der Waals surface area contributed by atoms with Gasteiger partial charge in [0.1, 0.15) is 6.04 Å². The van der Waals surface area contributed by atoms with Crippen LogP contribution in [0.25, 0.3) is 0 Å². The number of benzene rings is 1. The van der Waals surface area contributed by atoms with Crippen LogP contribution in [0, 0.1) is 0 Å². The zero-order valence-corrected chi connectivity index (χ0v) is 15.9. The number of nitrogens with one attached hydrogen (secondary N) is 1. The molecule has 0 bridgehead atoms. The Morgan fingerprint density at radius 3 is 2.41 bits per heavy atom. The molecule has 8 heteroatoms. The number of carbonyl (C=O) groups excluding carboxylic acids is 1. The molecule has 1 atom stereocenters. The summed E-state index contributed by atoms with van der Waals surface area (Å²) in [5, 5.41) is 0. The summed E-state index contributed by atoms with van der Waals surface area (Å²) < 4.78 is 33.1. The summed E-state index contributed by atoms with van der Waals surface area (Å²) in [6.45, 7) is 3.46. The minimum atomic E-state index is -3.77. The Labute approximate surface area is 144 Å². The molecular formula is C14H20BrNO4S2. The summed E-state index contributed by atoms with van der Waals surface area (Å²) in [6, 6.07) is 5.34. The van der Waals surface area contributed by atoms with Gasteiger partial charge in [0.15, 0.2) is 0 Å². The summed E-state index contributed by atoms with van der Waals surface area (Å²) in [5.41, 5.74) is 0. The second-order valence-corrected chi connectivity index (χ2v) is 8.51. The van der Waals surface area contributed by atoms with Gasteiger partial charge < -0.3 is 4.74 Å². The van der Waals surface area contributed by atoms with Crippen molar-refractivity contribution in [3.05, 3.63) is 28.7 Å². The molecule has 1 unspecified atom stereocenters. The van der Waals surface area contributed by atoms with Gasteiger partial charge in [-0.2, -0.15) is 16.5 Å². The lowest BCUT2D eigenvalue weighted by atomic mass is 10.2. The van der Waals surface area contributed by atoms with Gasteiger partial charge in [-0.15, -0.1) is 0 Å². The van der Waals surface area contributed by atoms with Gasteiger partial charge in [0, 0.05) is 4.47 Å². The molecule has 1 N–H and O–H groups in total. The van der Waals surface area contributed by atoms with Gasteiger partial charge in [0.2, 0.25) is 10.0 Å². The number of sulfonamides is 1. The summed E-state index contributed by atoms with van der Waals surface area (Å²) in [5.74, 6) is 0.102. The first-order valence-corrected chi connectivity index (χ1v) is 10.4. The molecule has 0 amide bonds. The number of esters is 1. The molecule has 1 aromatic carbocycles. The number of carbonyl (C=O) groups is 1. The lowest BCUT2D eigenvalue weighted by Crippen LogP contribution is -2.42. The smallest absolute Gasteiger partial charge is 0.324 e. The van der Waals surface area contributed by atoms with E-state index >= 15 is 0 Å². The van der Waals surface area contributed by atoms with E-state index in [1.165, 1.54) is 12.1 Å². The fourth-order valence-corrected chi connectivity index (χ4v) is 3.60. The van der Waals surface area contributed by atoms with Gasteiger partial charge in [-0.25, -0.2) is 8.42 Å². The molecule has 0 heterocycles. The van der Waals surface area contributed by atoms with E-state index in [4.69, 9.17) is 4.74 Å². The lowest BCUT2D eigenvalue weighted by molar-refractivity contribution is -0.149. The minimum absolute atomic E-state index is 0.113. The number of rotatable bonds is 8. The largest absolute Gasteiger partial charge is 0.462 e. The Morgan fingerprint density at radius 1 is 1.32 bits per heavy atom. The normalized spacial score (nSPS) is 13.1. The summed E-state index contributed by atoms with van der Waals surface area (Å²) in [7, 11) is -3.77. The van der Waals surface area contributed by atoms with Crippen LogP contribution >= 0.6 is 27.7 Å². The van der Waals surface area contributed by atoms with Gasteiger partial charge >= 0.3 is 5.97 Å². The van der Waals surface area contributed by atoms with E-state index in [1.807, 2.05) is 6.26 Å². The molecule has 5 nitrogen and oxygen atoms in total. The third-order valence-electron chi connectivity index (χ3n) is 2.67. The summed E-state index contributed by atoms with van der Waals surface area (Å²) in [4.78, 5) is 12.2. The van der Waals surface area contributed by atoms with Crippen molar-refractivity contribution in [2.45, 2.75) is 37.3 Å². The van der Waals surface area contributed by atoms with Crippen LogP contribution in [0.1, 0.15) is 20.3 Å². The van der Waals surface area contributed by atoms with Gasteiger partial charge in [0.25, 0.3) is 0 Å². The highest BCUT2D eigenvalue weighted by Gasteiger charge is 2.27. The van der Waals surface area contributed by atoms with Crippen molar-refractivity contribution in [3.63, 3.8) is 0 Å². The molecule has 0 aliphatic carbocycles. The lowest BCUT2D eigenvalue weighted by Gasteiger charge is -2.19. The molecule has 0 fully saturated rings. The van der Waals surface area contributed by atoms with E-state index in [0.29, 0.717) is 12.2 Å². The van der Waals surface area contributed by atoms with Crippen LogP contribution in [-0.4, -0.2) is 38.5 Å². The fraction of sp³-hybridized carbons (Fsp3) is 0.500. The first-order chi connectivity index (χ1) is 10.3. The van der Waals surface area contributed by atoms with E-state index in [9.17, 15) is 13.2 Å². The molecular weight excluding hydrogens is 390 g/mol. The monoisotopic (exact) mass is 409 g/mol. The first kappa shape index (κ1) is 19.5. The molecule has 22 heavy (non-hydrogen) atoms. The average Bonchev–Trinajstić information content (AvgIpc) is 2.43. The minimum Gasteiger partial charge on any atom is -0.462 e. The first-order valence-electron chi connectivity index (χ1n) is 6.73. The van der Waals surface area contributed by atoms with E-state index in [-0.39, 0.29) is 11.0 Å². The Balaban J connectivity index is 2.91. The molecule has 124 valence electrons. The Morgan fingerprint density at radius 2 is 1.91 bits per heavy atom. The molecule has 0 aliphatic rings. The quantitative estimate of drug-likeness (QED) is 0.668. The Hall–Kier alpha value is -0.570. The maximum absolute atomic E-state index is 12.4. The highest BCUT2D eigenvalue weighted by atomic mass is 79.9. The zero-order chi connectivity index (χ0) is 16.8. The van der Waals surface area contributed by atoms with Crippen molar-refractivity contribution in [2.75, 3.05) is 12.0 Å². The molecule has 0 aromatic heterocycles. The van der Waals surface area contributed by atoms with Crippen LogP contribution in [0.5, 0.6) is 0 Å². The predicted octanol–water partition coefficient (Wildman–Crippen LogP) is 2.80. The van der Waals surface area contributed by atoms with Crippen molar-refractivity contribution in [3.8, 4) is 0 Å². The number of hydrogen-bond donors (Lipinski definition) is 1. The third kappa shape index (κ3) is 6.28. The number of ether oxygens (including phenoxy) is 1. The topological polar surface area (TPSA) is 72.5 Å². The highest BCUT2D eigenvalue weighted by Crippen LogP contribution is 2.16. The van der Waals surface area contributed by atoms with Gasteiger partial charge in [-0.05, 0) is 56.5 Å². The van der Waals surface area contributed by atoms with Crippen LogP contribution in [0.3, 0.4) is 0 Å². The van der Waals surface area contributed by atoms with Gasteiger partial charge in [-0.1, -0.05) is 15.9 Å². The van der Waals surface area contributed by atoms with E-state index in [2.05, 4.69) is 20.7 Å². The maximum atomic E-state index is 12.4. The van der Waals surface area contributed by atoms with E-state index in [0.717, 1.165) is 4.47 Å². The molecule has 0 saturated heterocycles. The Bertz CT molecular complexity index is 587. The molecule has 0 radical (unpaired) electrons. The van der Waals surface area contributed by atoms with Crippen LogP contribution in [0.15, 0.2) is 33.6 Å². The van der Waals surface area contributed by atoms with Crippen LogP contribution in [-0.2, 0) is 19.6 Å². The Kier molecular flexibility index (Phi) is 7.88. The molecule has 1 aromatic rings. The zero-order valence-electron chi connectivity index (χ0n) is 12.7. The number of halogens is 1. The highest BCUT2D eigenvalue weighted by molar-refractivity contribution is 9.10. The van der Waals surface area contributed by atoms with Crippen molar-refractivity contribution in [1.29, 1.82) is 0 Å². The van der Waals surface area contributed by atoms with Crippen LogP contribution in [0.4, 0.5) is 0 Å². The summed E-state index contributed by atoms with van der Waals surface area (Å²) in [6.07, 6.45) is 1.98. The van der Waals surface area contributed by atoms with Gasteiger partial charge in [-0.3, -0.25) is 4.79 Å². The molecule has 0 saturated carbocycles. The van der Waals surface area contributed by atoms with E-state index in [1.54, 1.807) is 37.7 Å². The van der Waals surface area contributed by atoms with Gasteiger partial charge in [0.05, 0.1) is 11.0 Å². The van der Waals surface area contributed by atoms with Crippen molar-refractivity contribution in [1.82, 2.24) is 4.72 Å². The molecule has 0 aliphatic heterocycles. The summed E-state index contributed by atoms with van der Waals surface area (Å²) >= 11 is 4.80. The predicted molar refractivity (Wildman–Crippen MR) is 92.5 cm³/mol. The second-order valence-electron chi connectivity index (χ2n) is 4.89. The van der Waals surface area contributed by atoms with Crippen LogP contribution in [0.2, 0.25) is 0 Å². The maximum Gasteiger partial charge on any atom is 0.324 e. The molecule has 0 spiro atoms. The third-order valence-corrected chi connectivity index (χ3v) is 5.33. The van der Waals surface area contributed by atoms with Crippen molar-refractivity contribution < 1.29 is 17.9 Å². The van der Waals surface area contributed by atoms with Crippen molar-refractivity contribution in [2.24, 2.45) is 0 Å².